The molecule has 5 nitrogen and oxygen atoms in total. The summed E-state index contributed by atoms with van der Waals surface area (Å²) < 4.78 is 12.5. The number of hydrazone groups is 1. The molecule has 1 fully saturated rings. The number of para-hydroxylation sites is 1. The lowest BCUT2D eigenvalue weighted by Gasteiger charge is -2.51. The molecule has 3 aliphatic rings. The standard InChI is InChI=1S/C22H27N3O2/c1-3-12-24-13-10-22(11-14-24)25-19(17-6-4-5-7-20(17)27-22)15-18(23-25)21-9-8-16(2)26-21/h4-9,19H,3,10-15H2,1-2H3/t19-/m0/s1. The molecule has 0 aliphatic carbocycles. The lowest BCUT2D eigenvalue weighted by Crippen LogP contribution is -2.59. The second-order valence-electron chi connectivity index (χ2n) is 7.95. The van der Waals surface area contributed by atoms with Gasteiger partial charge >= 0.3 is 0 Å². The number of hydrogen-bond donors (Lipinski definition) is 0. The highest BCUT2D eigenvalue weighted by Gasteiger charge is 2.51. The Morgan fingerprint density at radius 2 is 1.96 bits per heavy atom. The zero-order chi connectivity index (χ0) is 18.4. The summed E-state index contributed by atoms with van der Waals surface area (Å²) in [5, 5.41) is 7.31. The van der Waals surface area contributed by atoms with Gasteiger partial charge in [0.25, 0.3) is 0 Å². The van der Waals surface area contributed by atoms with Crippen LogP contribution in [0.5, 0.6) is 5.75 Å². The first kappa shape index (κ1) is 16.9. The normalized spacial score (nSPS) is 23.7. The van der Waals surface area contributed by atoms with Gasteiger partial charge in [0.05, 0.1) is 6.04 Å². The summed E-state index contributed by atoms with van der Waals surface area (Å²) in [6, 6.07) is 12.7. The van der Waals surface area contributed by atoms with E-state index in [9.17, 15) is 0 Å². The molecule has 0 saturated carbocycles. The van der Waals surface area contributed by atoms with Crippen LogP contribution in [0.4, 0.5) is 0 Å². The van der Waals surface area contributed by atoms with Crippen molar-refractivity contribution >= 4 is 5.71 Å². The number of likely N-dealkylation sites (tertiary alicyclic amines) is 1. The van der Waals surface area contributed by atoms with E-state index in [1.165, 1.54) is 12.0 Å². The molecule has 1 aromatic heterocycles. The Bertz CT molecular complexity index is 864. The van der Waals surface area contributed by atoms with Crippen molar-refractivity contribution in [3.8, 4) is 5.75 Å². The topological polar surface area (TPSA) is 41.2 Å². The number of aryl methyl sites for hydroxylation is 1. The third-order valence-corrected chi connectivity index (χ3v) is 6.11. The second kappa shape index (κ2) is 6.41. The fraction of sp³-hybridized carbons (Fsp3) is 0.500. The van der Waals surface area contributed by atoms with Gasteiger partial charge in [0.1, 0.15) is 23.0 Å². The molecule has 27 heavy (non-hydrogen) atoms. The third-order valence-electron chi connectivity index (χ3n) is 6.11. The highest BCUT2D eigenvalue weighted by Crippen LogP contribution is 2.49. The SMILES string of the molecule is CCCN1CCC2(CC1)Oc1ccccc1[C@@H]1CC(c3ccc(C)o3)=NN12. The van der Waals surface area contributed by atoms with Gasteiger partial charge in [0, 0.05) is 37.9 Å². The molecular formula is C22H27N3O2. The van der Waals surface area contributed by atoms with E-state index in [4.69, 9.17) is 14.3 Å². The lowest BCUT2D eigenvalue weighted by molar-refractivity contribution is -0.149. The fourth-order valence-corrected chi connectivity index (χ4v) is 4.74. The molecule has 142 valence electrons. The van der Waals surface area contributed by atoms with Crippen molar-refractivity contribution in [1.29, 1.82) is 0 Å². The Labute approximate surface area is 160 Å². The summed E-state index contributed by atoms with van der Waals surface area (Å²) >= 11 is 0. The van der Waals surface area contributed by atoms with Gasteiger partial charge in [0.15, 0.2) is 0 Å². The molecule has 0 amide bonds. The first-order valence-electron chi connectivity index (χ1n) is 10.1. The minimum atomic E-state index is -0.341. The Kier molecular flexibility index (Phi) is 4.01. The molecule has 0 unspecified atom stereocenters. The summed E-state index contributed by atoms with van der Waals surface area (Å²) in [5.41, 5.74) is 1.93. The average molecular weight is 365 g/mol. The summed E-state index contributed by atoms with van der Waals surface area (Å²) in [4.78, 5) is 2.54. The van der Waals surface area contributed by atoms with Crippen molar-refractivity contribution in [3.05, 3.63) is 53.5 Å². The zero-order valence-electron chi connectivity index (χ0n) is 16.1. The van der Waals surface area contributed by atoms with E-state index in [1.807, 2.05) is 19.1 Å². The molecule has 2 aromatic rings. The van der Waals surface area contributed by atoms with Crippen molar-refractivity contribution in [1.82, 2.24) is 9.91 Å². The molecule has 1 atom stereocenters. The number of hydrogen-bond acceptors (Lipinski definition) is 5. The van der Waals surface area contributed by atoms with Crippen molar-refractivity contribution in [2.45, 2.75) is 51.3 Å². The molecular weight excluding hydrogens is 338 g/mol. The minimum Gasteiger partial charge on any atom is -0.466 e. The van der Waals surface area contributed by atoms with Crippen LogP contribution < -0.4 is 4.74 Å². The van der Waals surface area contributed by atoms with Crippen molar-refractivity contribution < 1.29 is 9.15 Å². The number of ether oxygens (including phenoxy) is 1. The molecule has 3 aliphatic heterocycles. The molecule has 1 saturated heterocycles. The number of furan rings is 1. The molecule has 1 spiro atoms. The van der Waals surface area contributed by atoms with Crippen molar-refractivity contribution in [2.24, 2.45) is 5.10 Å². The maximum atomic E-state index is 6.65. The molecule has 4 heterocycles. The molecule has 1 aromatic carbocycles. The Hall–Kier alpha value is -2.27. The largest absolute Gasteiger partial charge is 0.466 e. The summed E-state index contributed by atoms with van der Waals surface area (Å²) in [6.07, 6.45) is 4.02. The van der Waals surface area contributed by atoms with Gasteiger partial charge in [-0.05, 0) is 38.1 Å². The van der Waals surface area contributed by atoms with Crippen LogP contribution in [-0.2, 0) is 0 Å². The van der Waals surface area contributed by atoms with E-state index in [0.29, 0.717) is 0 Å². The first-order chi connectivity index (χ1) is 13.2. The van der Waals surface area contributed by atoms with Crippen LogP contribution in [0.25, 0.3) is 0 Å². The van der Waals surface area contributed by atoms with Crippen LogP contribution in [-0.4, -0.2) is 41.0 Å². The van der Waals surface area contributed by atoms with Crippen LogP contribution in [0, 0.1) is 6.92 Å². The van der Waals surface area contributed by atoms with E-state index in [1.54, 1.807) is 0 Å². The maximum absolute atomic E-state index is 6.65. The molecule has 5 heteroatoms. The van der Waals surface area contributed by atoms with E-state index >= 15 is 0 Å². The highest BCUT2D eigenvalue weighted by molar-refractivity contribution is 5.99. The lowest BCUT2D eigenvalue weighted by atomic mass is 9.91. The number of nitrogens with zero attached hydrogens (tertiary/aromatic N) is 3. The van der Waals surface area contributed by atoms with Gasteiger partial charge in [-0.15, -0.1) is 0 Å². The smallest absolute Gasteiger partial charge is 0.200 e. The monoisotopic (exact) mass is 365 g/mol. The van der Waals surface area contributed by atoms with Gasteiger partial charge in [-0.1, -0.05) is 25.1 Å². The van der Waals surface area contributed by atoms with Crippen LogP contribution >= 0.6 is 0 Å². The van der Waals surface area contributed by atoms with Crippen LogP contribution in [0.1, 0.15) is 55.7 Å². The van der Waals surface area contributed by atoms with Gasteiger partial charge < -0.3 is 14.1 Å². The summed E-state index contributed by atoms with van der Waals surface area (Å²) in [5.74, 6) is 2.84. The fourth-order valence-electron chi connectivity index (χ4n) is 4.74. The van der Waals surface area contributed by atoms with Gasteiger partial charge in [0.2, 0.25) is 5.72 Å². The molecule has 0 N–H and O–H groups in total. The predicted molar refractivity (Wildman–Crippen MR) is 105 cm³/mol. The zero-order valence-corrected chi connectivity index (χ0v) is 16.1. The van der Waals surface area contributed by atoms with Crippen molar-refractivity contribution in [3.63, 3.8) is 0 Å². The molecule has 0 bridgehead atoms. The number of rotatable bonds is 3. The summed E-state index contributed by atoms with van der Waals surface area (Å²) in [6.45, 7) is 7.51. The Balaban J connectivity index is 1.51. The number of benzene rings is 1. The number of piperidine rings is 1. The minimum absolute atomic E-state index is 0.230. The van der Waals surface area contributed by atoms with Crippen LogP contribution in [0.2, 0.25) is 0 Å². The van der Waals surface area contributed by atoms with Crippen molar-refractivity contribution in [2.75, 3.05) is 19.6 Å². The van der Waals surface area contributed by atoms with Gasteiger partial charge in [-0.25, -0.2) is 5.01 Å². The van der Waals surface area contributed by atoms with Crippen LogP contribution in [0.15, 0.2) is 45.9 Å². The molecule has 5 rings (SSSR count). The van der Waals surface area contributed by atoms with Crippen LogP contribution in [0.3, 0.4) is 0 Å². The van der Waals surface area contributed by atoms with E-state index < -0.39 is 0 Å². The molecule has 0 radical (unpaired) electrons. The van der Waals surface area contributed by atoms with Gasteiger partial charge in [-0.2, -0.15) is 5.10 Å². The Morgan fingerprint density at radius 1 is 1.15 bits per heavy atom. The van der Waals surface area contributed by atoms with E-state index in [-0.39, 0.29) is 11.8 Å². The van der Waals surface area contributed by atoms with Gasteiger partial charge in [-0.3, -0.25) is 0 Å². The third kappa shape index (κ3) is 2.76. The van der Waals surface area contributed by atoms with E-state index in [0.717, 1.165) is 61.9 Å². The van der Waals surface area contributed by atoms with E-state index in [2.05, 4.69) is 41.1 Å². The first-order valence-corrected chi connectivity index (χ1v) is 10.1. The quantitative estimate of drug-likeness (QED) is 0.812. The summed E-state index contributed by atoms with van der Waals surface area (Å²) in [7, 11) is 0. The number of fused-ring (bicyclic) bond motifs is 4. The highest BCUT2D eigenvalue weighted by atomic mass is 16.5. The average Bonchev–Trinajstić information content (AvgIpc) is 3.31. The maximum Gasteiger partial charge on any atom is 0.200 e. The Morgan fingerprint density at radius 3 is 2.70 bits per heavy atom. The second-order valence-corrected chi connectivity index (χ2v) is 7.95. The predicted octanol–water partition coefficient (Wildman–Crippen LogP) is 4.33.